The van der Waals surface area contributed by atoms with Gasteiger partial charge in [-0.05, 0) is 28.8 Å². The van der Waals surface area contributed by atoms with E-state index in [1.165, 1.54) is 11.6 Å². The largest absolute Gasteiger partial charge is 0.504 e. The molecule has 0 aliphatic carbocycles. The number of phenols is 2. The van der Waals surface area contributed by atoms with Crippen molar-refractivity contribution < 1.29 is 34.8 Å². The molecule has 33 heavy (non-hydrogen) atoms. The van der Waals surface area contributed by atoms with E-state index in [4.69, 9.17) is 10.5 Å². The number of phenolic OH excluding ortho intramolecular Hbond substituents is 2. The number of rotatable bonds is 7. The van der Waals surface area contributed by atoms with Crippen LogP contribution in [0.4, 0.5) is 4.79 Å². The summed E-state index contributed by atoms with van der Waals surface area (Å²) in [5, 5.41) is 40.1. The number of ether oxygens (including phenoxy) is 1. The molecule has 0 aromatic heterocycles. The minimum absolute atomic E-state index is 0.00561. The highest BCUT2D eigenvalue weighted by molar-refractivity contribution is 5.80. The van der Waals surface area contributed by atoms with Gasteiger partial charge in [0.1, 0.15) is 12.7 Å². The first-order valence-electron chi connectivity index (χ1n) is 9.95. The average molecular weight is 454 g/mol. The van der Waals surface area contributed by atoms with Crippen molar-refractivity contribution >= 4 is 12.1 Å². The fraction of sp³-hybridized carbons (Fsp3) is 0.167. The molecule has 0 saturated heterocycles. The molecule has 3 rings (SSSR count). The molecule has 0 saturated carbocycles. The van der Waals surface area contributed by atoms with Gasteiger partial charge in [-0.3, -0.25) is 0 Å². The summed E-state index contributed by atoms with van der Waals surface area (Å²) in [6.07, 6.45) is -2.67. The lowest BCUT2D eigenvalue weighted by Crippen LogP contribution is -2.45. The Balaban J connectivity index is 0.000000405. The van der Waals surface area contributed by atoms with Gasteiger partial charge in [-0.15, -0.1) is 0 Å². The van der Waals surface area contributed by atoms with E-state index in [2.05, 4.69) is 5.32 Å². The molecule has 0 fully saturated rings. The Morgan fingerprint density at radius 1 is 0.879 bits per heavy atom. The molecule has 0 heterocycles. The molecule has 7 N–H and O–H groups in total. The lowest BCUT2D eigenvalue weighted by Gasteiger charge is -2.20. The van der Waals surface area contributed by atoms with Crippen LogP contribution < -0.4 is 11.1 Å². The number of aromatic hydroxyl groups is 2. The normalized spacial score (nSPS) is 11.9. The molecule has 0 aliphatic rings. The maximum Gasteiger partial charge on any atom is 0.408 e. The molecule has 1 amide bonds. The Hall–Kier alpha value is -4.08. The van der Waals surface area contributed by atoms with E-state index < -0.39 is 35.7 Å². The SMILES string of the molecule is NCc1ccccc1.O=C(N[C@@H](C(=O)O)C(O)c1ccc(O)c(O)c1)OCc1ccccc1. The van der Waals surface area contributed by atoms with Gasteiger partial charge in [0, 0.05) is 6.54 Å². The zero-order valence-corrected chi connectivity index (χ0v) is 17.7. The molecule has 9 nitrogen and oxygen atoms in total. The van der Waals surface area contributed by atoms with Crippen LogP contribution in [-0.2, 0) is 22.7 Å². The summed E-state index contributed by atoms with van der Waals surface area (Å²) in [4.78, 5) is 23.1. The molecule has 9 heteroatoms. The first kappa shape index (κ1) is 25.2. The van der Waals surface area contributed by atoms with E-state index in [1.807, 2.05) is 30.3 Å². The Morgan fingerprint density at radius 2 is 1.45 bits per heavy atom. The van der Waals surface area contributed by atoms with Crippen LogP contribution in [0.25, 0.3) is 0 Å². The van der Waals surface area contributed by atoms with E-state index in [-0.39, 0.29) is 12.2 Å². The van der Waals surface area contributed by atoms with Gasteiger partial charge >= 0.3 is 12.1 Å². The zero-order chi connectivity index (χ0) is 24.2. The predicted octanol–water partition coefficient (Wildman–Crippen LogP) is 2.66. The first-order chi connectivity index (χ1) is 15.8. The van der Waals surface area contributed by atoms with E-state index in [0.717, 1.165) is 12.1 Å². The summed E-state index contributed by atoms with van der Waals surface area (Å²) < 4.78 is 4.92. The fourth-order valence-electron chi connectivity index (χ4n) is 2.70. The number of nitrogens with two attached hydrogens (primary N) is 1. The third-order valence-corrected chi connectivity index (χ3v) is 4.49. The summed E-state index contributed by atoms with van der Waals surface area (Å²) >= 11 is 0. The number of carbonyl (C=O) groups is 2. The number of carbonyl (C=O) groups excluding carboxylic acids is 1. The van der Waals surface area contributed by atoms with E-state index in [1.54, 1.807) is 30.3 Å². The standard InChI is InChI=1S/C17H17NO7.C7H9N/c19-12-7-6-11(8-13(12)20)15(21)14(16(22)23)18-17(24)25-9-10-4-2-1-3-5-10;8-6-7-4-2-1-3-5-7/h1-8,14-15,19-21H,9H2,(H,18,24)(H,22,23);1-5H,6,8H2/t14-,15?;/m1./s1. The maximum absolute atomic E-state index is 11.8. The number of aliphatic hydroxyl groups is 1. The minimum atomic E-state index is -1.70. The van der Waals surface area contributed by atoms with E-state index >= 15 is 0 Å². The van der Waals surface area contributed by atoms with Crippen LogP contribution >= 0.6 is 0 Å². The molecule has 0 bridgehead atoms. The van der Waals surface area contributed by atoms with Crippen molar-refractivity contribution in [2.75, 3.05) is 0 Å². The molecule has 174 valence electrons. The number of carboxylic acids is 1. The van der Waals surface area contributed by atoms with Gasteiger partial charge < -0.3 is 36.2 Å². The molecule has 3 aromatic rings. The van der Waals surface area contributed by atoms with E-state index in [9.17, 15) is 30.0 Å². The van der Waals surface area contributed by atoms with Crippen molar-refractivity contribution in [3.8, 4) is 11.5 Å². The Bertz CT molecular complexity index is 1030. The van der Waals surface area contributed by atoms with Crippen LogP contribution in [0.3, 0.4) is 0 Å². The van der Waals surface area contributed by atoms with Crippen LogP contribution in [-0.4, -0.2) is 38.5 Å². The summed E-state index contributed by atoms with van der Waals surface area (Å²) in [7, 11) is 0. The molecule has 1 unspecified atom stereocenters. The lowest BCUT2D eigenvalue weighted by molar-refractivity contribution is -0.142. The van der Waals surface area contributed by atoms with Gasteiger partial charge in [0.25, 0.3) is 0 Å². The van der Waals surface area contributed by atoms with Gasteiger partial charge in [-0.1, -0.05) is 66.7 Å². The average Bonchev–Trinajstić information content (AvgIpc) is 2.84. The summed E-state index contributed by atoms with van der Waals surface area (Å²) in [6.45, 7) is 0.579. The number of hydrogen-bond donors (Lipinski definition) is 6. The van der Waals surface area contributed by atoms with Gasteiger partial charge in [0.15, 0.2) is 17.5 Å². The molecular weight excluding hydrogens is 428 g/mol. The highest BCUT2D eigenvalue weighted by Gasteiger charge is 2.30. The summed E-state index contributed by atoms with van der Waals surface area (Å²) in [6, 6.07) is 20.4. The second-order valence-electron chi connectivity index (χ2n) is 6.90. The number of aliphatic carboxylic acids is 1. The maximum atomic E-state index is 11.8. The topological polar surface area (TPSA) is 162 Å². The quantitative estimate of drug-likeness (QED) is 0.297. The van der Waals surface area contributed by atoms with Crippen LogP contribution in [0.15, 0.2) is 78.9 Å². The Kier molecular flexibility index (Phi) is 9.69. The fourth-order valence-corrected chi connectivity index (χ4v) is 2.70. The van der Waals surface area contributed by atoms with Crippen molar-refractivity contribution in [3.63, 3.8) is 0 Å². The lowest BCUT2D eigenvalue weighted by atomic mass is 10.0. The predicted molar refractivity (Wildman–Crippen MR) is 120 cm³/mol. The van der Waals surface area contributed by atoms with Crippen molar-refractivity contribution in [3.05, 3.63) is 95.6 Å². The number of hydrogen-bond acceptors (Lipinski definition) is 7. The van der Waals surface area contributed by atoms with Crippen LogP contribution in [0.2, 0.25) is 0 Å². The number of carboxylic acid groups (broad SMARTS) is 1. The number of nitrogens with one attached hydrogen (secondary N) is 1. The first-order valence-corrected chi connectivity index (χ1v) is 9.95. The van der Waals surface area contributed by atoms with Gasteiger partial charge in [0.2, 0.25) is 0 Å². The summed E-state index contributed by atoms with van der Waals surface area (Å²) in [5.74, 6) is -2.43. The van der Waals surface area contributed by atoms with Gasteiger partial charge in [-0.2, -0.15) is 0 Å². The molecule has 2 atom stereocenters. The van der Waals surface area contributed by atoms with Crippen LogP contribution in [0.5, 0.6) is 11.5 Å². The van der Waals surface area contributed by atoms with Crippen molar-refractivity contribution in [1.29, 1.82) is 0 Å². The number of amides is 1. The zero-order valence-electron chi connectivity index (χ0n) is 17.7. The van der Waals surface area contributed by atoms with Crippen molar-refractivity contribution in [2.24, 2.45) is 5.73 Å². The Labute approximate surface area is 190 Å². The van der Waals surface area contributed by atoms with Gasteiger partial charge in [0.05, 0.1) is 0 Å². The van der Waals surface area contributed by atoms with E-state index in [0.29, 0.717) is 12.1 Å². The van der Waals surface area contributed by atoms with Gasteiger partial charge in [-0.25, -0.2) is 9.59 Å². The second-order valence-corrected chi connectivity index (χ2v) is 6.90. The Morgan fingerprint density at radius 3 is 1.94 bits per heavy atom. The number of benzene rings is 3. The molecule has 3 aromatic carbocycles. The minimum Gasteiger partial charge on any atom is -0.504 e. The van der Waals surface area contributed by atoms with Crippen molar-refractivity contribution in [2.45, 2.75) is 25.3 Å². The number of aliphatic hydroxyl groups excluding tert-OH is 1. The van der Waals surface area contributed by atoms with Crippen molar-refractivity contribution in [1.82, 2.24) is 5.32 Å². The second kappa shape index (κ2) is 12.7. The molecular formula is C24H26N2O7. The van der Waals surface area contributed by atoms with Crippen LogP contribution in [0.1, 0.15) is 22.8 Å². The highest BCUT2D eigenvalue weighted by Crippen LogP contribution is 2.29. The van der Waals surface area contributed by atoms with Crippen LogP contribution in [0, 0.1) is 0 Å². The molecule has 0 radical (unpaired) electrons. The number of alkyl carbamates (subject to hydrolysis) is 1. The third kappa shape index (κ3) is 8.17. The smallest absolute Gasteiger partial charge is 0.408 e. The third-order valence-electron chi connectivity index (χ3n) is 4.49. The molecule has 0 spiro atoms. The summed E-state index contributed by atoms with van der Waals surface area (Å²) in [5.41, 5.74) is 7.26. The highest BCUT2D eigenvalue weighted by atomic mass is 16.5. The monoisotopic (exact) mass is 454 g/mol. The molecule has 0 aliphatic heterocycles.